The Balaban J connectivity index is 2.09. The predicted molar refractivity (Wildman–Crippen MR) is 99.3 cm³/mol. The van der Waals surface area contributed by atoms with Crippen molar-refractivity contribution in [3.63, 3.8) is 0 Å². The van der Waals surface area contributed by atoms with Crippen LogP contribution < -0.4 is 11.3 Å². The monoisotopic (exact) mass is 386 g/mol. The fourth-order valence-electron chi connectivity index (χ4n) is 3.21. The molecule has 0 radical (unpaired) electrons. The molecule has 0 atom stereocenters. The van der Waals surface area contributed by atoms with Crippen LogP contribution in [0, 0.1) is 19.7 Å². The lowest BCUT2D eigenvalue weighted by Gasteiger charge is -2.18. The van der Waals surface area contributed by atoms with Crippen molar-refractivity contribution in [2.75, 3.05) is 0 Å². The van der Waals surface area contributed by atoms with Gasteiger partial charge in [0.25, 0.3) is 0 Å². The minimum absolute atomic E-state index is 0.0326. The fraction of sp³-hybridized carbons (Fsp3) is 0.238. The van der Waals surface area contributed by atoms with Crippen molar-refractivity contribution in [1.82, 2.24) is 0 Å². The molecule has 0 unspecified atom stereocenters. The fourth-order valence-corrected chi connectivity index (χ4v) is 3.21. The lowest BCUT2D eigenvalue weighted by Crippen LogP contribution is -2.19. The summed E-state index contributed by atoms with van der Waals surface area (Å²) in [6, 6.07) is 8.53. The molecule has 0 aliphatic rings. The normalized spacial score (nSPS) is 11.1. The van der Waals surface area contributed by atoms with E-state index in [1.165, 1.54) is 44.2 Å². The van der Waals surface area contributed by atoms with Gasteiger partial charge in [0.1, 0.15) is 28.8 Å². The highest BCUT2D eigenvalue weighted by atomic mass is 19.1. The van der Waals surface area contributed by atoms with E-state index in [0.717, 1.165) is 0 Å². The second kappa shape index (κ2) is 7.72. The van der Waals surface area contributed by atoms with Gasteiger partial charge in [0.05, 0.1) is 11.1 Å². The Morgan fingerprint density at radius 1 is 0.893 bits per heavy atom. The van der Waals surface area contributed by atoms with E-state index in [2.05, 4.69) is 0 Å². The molecule has 0 aliphatic carbocycles. The first-order valence-corrected chi connectivity index (χ1v) is 8.66. The number of rotatable bonds is 5. The zero-order chi connectivity index (χ0) is 20.4. The van der Waals surface area contributed by atoms with Crippen LogP contribution in [0.5, 0.6) is 11.5 Å². The highest BCUT2D eigenvalue weighted by Crippen LogP contribution is 2.31. The average molecular weight is 386 g/mol. The number of aromatic hydroxyl groups is 2. The summed E-state index contributed by atoms with van der Waals surface area (Å²) in [6.45, 7) is 3.05. The third kappa shape index (κ3) is 3.98. The van der Waals surface area contributed by atoms with Crippen molar-refractivity contribution in [2.24, 2.45) is 0 Å². The molecular weight excluding hydrogens is 367 g/mol. The van der Waals surface area contributed by atoms with E-state index < -0.39 is 23.0 Å². The van der Waals surface area contributed by atoms with Crippen molar-refractivity contribution in [3.05, 3.63) is 91.3 Å². The van der Waals surface area contributed by atoms with Gasteiger partial charge in [-0.3, -0.25) is 0 Å². The lowest BCUT2D eigenvalue weighted by atomic mass is 9.86. The lowest BCUT2D eigenvalue weighted by molar-refractivity contribution is 0.408. The van der Waals surface area contributed by atoms with Gasteiger partial charge in [0.2, 0.25) is 0 Å². The molecule has 7 heteroatoms. The molecule has 0 saturated heterocycles. The van der Waals surface area contributed by atoms with E-state index in [1.807, 2.05) is 0 Å². The molecule has 0 spiro atoms. The molecule has 28 heavy (non-hydrogen) atoms. The molecule has 2 heterocycles. The van der Waals surface area contributed by atoms with Gasteiger partial charge in [-0.2, -0.15) is 0 Å². The second-order valence-corrected chi connectivity index (χ2v) is 6.64. The number of aryl methyl sites for hydroxylation is 2. The van der Waals surface area contributed by atoms with Crippen LogP contribution >= 0.6 is 0 Å². The van der Waals surface area contributed by atoms with Crippen LogP contribution in [0.1, 0.15) is 34.1 Å². The van der Waals surface area contributed by atoms with E-state index >= 15 is 0 Å². The highest BCUT2D eigenvalue weighted by molar-refractivity contribution is 5.36. The minimum Gasteiger partial charge on any atom is -0.507 e. The van der Waals surface area contributed by atoms with E-state index in [0.29, 0.717) is 0 Å². The smallest absolute Gasteiger partial charge is 0.342 e. The first-order valence-electron chi connectivity index (χ1n) is 8.66. The number of hydrogen-bond donors (Lipinski definition) is 2. The van der Waals surface area contributed by atoms with Gasteiger partial charge in [0.15, 0.2) is 0 Å². The average Bonchev–Trinajstić information content (AvgIpc) is 2.59. The Hall–Kier alpha value is -3.35. The summed E-state index contributed by atoms with van der Waals surface area (Å²) in [4.78, 5) is 24.4. The summed E-state index contributed by atoms with van der Waals surface area (Å²) in [5.74, 6) is -1.31. The topological polar surface area (TPSA) is 101 Å². The molecule has 1 aromatic carbocycles. The van der Waals surface area contributed by atoms with Crippen LogP contribution in [0.2, 0.25) is 0 Å². The number of halogens is 1. The predicted octanol–water partition coefficient (Wildman–Crippen LogP) is 3.33. The van der Waals surface area contributed by atoms with E-state index in [1.54, 1.807) is 6.07 Å². The SMILES string of the molecule is Cc1cc(O)c(CC(Cc2c(O)cc(C)oc2=O)c2ccccc2F)c(=O)o1. The van der Waals surface area contributed by atoms with Gasteiger partial charge in [-0.25, -0.2) is 14.0 Å². The third-order valence-electron chi connectivity index (χ3n) is 4.54. The molecule has 0 fully saturated rings. The van der Waals surface area contributed by atoms with Crippen LogP contribution in [0.4, 0.5) is 4.39 Å². The molecule has 0 saturated carbocycles. The first kappa shape index (κ1) is 19.4. The van der Waals surface area contributed by atoms with Crippen molar-refractivity contribution >= 4 is 0 Å². The number of benzene rings is 1. The molecule has 146 valence electrons. The van der Waals surface area contributed by atoms with Crippen molar-refractivity contribution in [3.8, 4) is 11.5 Å². The zero-order valence-corrected chi connectivity index (χ0v) is 15.4. The quantitative estimate of drug-likeness (QED) is 0.698. The Bertz CT molecular complexity index is 1060. The van der Waals surface area contributed by atoms with E-state index in [4.69, 9.17) is 8.83 Å². The third-order valence-corrected chi connectivity index (χ3v) is 4.54. The molecule has 2 N–H and O–H groups in total. The van der Waals surface area contributed by atoms with Gasteiger partial charge < -0.3 is 19.0 Å². The Morgan fingerprint density at radius 2 is 1.36 bits per heavy atom. The summed E-state index contributed by atoms with van der Waals surface area (Å²) in [6.07, 6.45) is -0.190. The van der Waals surface area contributed by atoms with Crippen LogP contribution in [-0.2, 0) is 12.8 Å². The first-order chi connectivity index (χ1) is 13.3. The van der Waals surface area contributed by atoms with Gasteiger partial charge in [0, 0.05) is 12.1 Å². The maximum atomic E-state index is 14.4. The molecule has 6 nitrogen and oxygen atoms in total. The summed E-state index contributed by atoms with van der Waals surface area (Å²) in [5, 5.41) is 20.3. The van der Waals surface area contributed by atoms with Gasteiger partial charge in [-0.15, -0.1) is 0 Å². The number of hydrogen-bond acceptors (Lipinski definition) is 6. The highest BCUT2D eigenvalue weighted by Gasteiger charge is 2.24. The van der Waals surface area contributed by atoms with E-state index in [9.17, 15) is 24.2 Å². The maximum absolute atomic E-state index is 14.4. The van der Waals surface area contributed by atoms with Crippen LogP contribution in [0.15, 0.2) is 54.8 Å². The van der Waals surface area contributed by atoms with Gasteiger partial charge in [-0.1, -0.05) is 18.2 Å². The summed E-state index contributed by atoms with van der Waals surface area (Å²) >= 11 is 0. The molecule has 0 aliphatic heterocycles. The van der Waals surface area contributed by atoms with Crippen LogP contribution in [0.25, 0.3) is 0 Å². The largest absolute Gasteiger partial charge is 0.507 e. The Kier molecular flexibility index (Phi) is 5.35. The minimum atomic E-state index is -0.737. The van der Waals surface area contributed by atoms with E-state index in [-0.39, 0.29) is 52.6 Å². The zero-order valence-electron chi connectivity index (χ0n) is 15.4. The summed E-state index contributed by atoms with van der Waals surface area (Å²) in [7, 11) is 0. The molecule has 3 aromatic rings. The summed E-state index contributed by atoms with van der Waals surface area (Å²) in [5.41, 5.74) is -1.30. The molecule has 0 bridgehead atoms. The van der Waals surface area contributed by atoms with Gasteiger partial charge >= 0.3 is 11.3 Å². The van der Waals surface area contributed by atoms with Crippen molar-refractivity contribution in [2.45, 2.75) is 32.6 Å². The van der Waals surface area contributed by atoms with Crippen LogP contribution in [0.3, 0.4) is 0 Å². The Morgan fingerprint density at radius 3 is 1.79 bits per heavy atom. The Labute approximate surface area is 159 Å². The van der Waals surface area contributed by atoms with Crippen molar-refractivity contribution in [1.29, 1.82) is 0 Å². The molecule has 0 amide bonds. The molecule has 2 aromatic heterocycles. The maximum Gasteiger partial charge on any atom is 0.342 e. The summed E-state index contributed by atoms with van der Waals surface area (Å²) < 4.78 is 24.5. The molecular formula is C21H19FO6. The van der Waals surface area contributed by atoms with Gasteiger partial charge in [-0.05, 0) is 44.2 Å². The van der Waals surface area contributed by atoms with Crippen LogP contribution in [-0.4, -0.2) is 10.2 Å². The molecule has 3 rings (SSSR count). The van der Waals surface area contributed by atoms with Crippen molar-refractivity contribution < 1.29 is 23.4 Å². The second-order valence-electron chi connectivity index (χ2n) is 6.64. The standard InChI is InChI=1S/C21H19FO6/c1-11-7-18(23)15(20(25)27-11)9-13(14-5-3-4-6-17(14)22)10-16-19(24)8-12(2)28-21(16)26/h3-8,13,23-24H,9-10H2,1-2H3.